The standard InChI is InChI=1S/C12H14N2O3S/c1-6-2-3-18-10(6)8-5-14(12(17)13-8)9-4-7(9)11(15)16/h2-3,7-9H,4-5H2,1H3,(H,13,17)(H,15,16). The minimum atomic E-state index is -0.802. The van der Waals surface area contributed by atoms with Crippen LogP contribution in [0, 0.1) is 12.8 Å². The van der Waals surface area contributed by atoms with Crippen molar-refractivity contribution in [1.82, 2.24) is 10.2 Å². The summed E-state index contributed by atoms with van der Waals surface area (Å²) in [5, 5.41) is 13.9. The monoisotopic (exact) mass is 266 g/mol. The van der Waals surface area contributed by atoms with Gasteiger partial charge in [-0.1, -0.05) is 0 Å². The van der Waals surface area contributed by atoms with Gasteiger partial charge in [0.2, 0.25) is 0 Å². The van der Waals surface area contributed by atoms with Gasteiger partial charge in [0.15, 0.2) is 0 Å². The highest BCUT2D eigenvalue weighted by atomic mass is 32.1. The van der Waals surface area contributed by atoms with Crippen molar-refractivity contribution in [2.45, 2.75) is 25.4 Å². The Kier molecular flexibility index (Phi) is 2.55. The first-order valence-electron chi connectivity index (χ1n) is 5.92. The van der Waals surface area contributed by atoms with E-state index < -0.39 is 5.97 Å². The number of nitrogens with one attached hydrogen (secondary N) is 1. The molecule has 18 heavy (non-hydrogen) atoms. The topological polar surface area (TPSA) is 69.6 Å². The fraction of sp³-hybridized carbons (Fsp3) is 0.500. The number of aryl methyl sites for hydroxylation is 1. The predicted molar refractivity (Wildman–Crippen MR) is 66.6 cm³/mol. The molecule has 6 heteroatoms. The Hall–Kier alpha value is -1.56. The molecule has 2 heterocycles. The van der Waals surface area contributed by atoms with Crippen molar-refractivity contribution in [3.8, 4) is 0 Å². The van der Waals surface area contributed by atoms with Gasteiger partial charge in [0, 0.05) is 17.5 Å². The van der Waals surface area contributed by atoms with Crippen molar-refractivity contribution in [2.75, 3.05) is 6.54 Å². The lowest BCUT2D eigenvalue weighted by atomic mass is 10.2. The second-order valence-electron chi connectivity index (χ2n) is 4.87. The molecular formula is C12H14N2O3S. The van der Waals surface area contributed by atoms with Crippen LogP contribution in [0.15, 0.2) is 11.4 Å². The van der Waals surface area contributed by atoms with Crippen molar-refractivity contribution < 1.29 is 14.7 Å². The molecular weight excluding hydrogens is 252 g/mol. The molecule has 3 unspecified atom stereocenters. The zero-order chi connectivity index (χ0) is 12.9. The van der Waals surface area contributed by atoms with Crippen LogP contribution in [0.4, 0.5) is 4.79 Å². The first kappa shape index (κ1) is 11.5. The van der Waals surface area contributed by atoms with Gasteiger partial charge in [-0.2, -0.15) is 0 Å². The summed E-state index contributed by atoms with van der Waals surface area (Å²) in [5.41, 5.74) is 1.18. The van der Waals surface area contributed by atoms with Crippen molar-refractivity contribution in [3.05, 3.63) is 21.9 Å². The summed E-state index contributed by atoms with van der Waals surface area (Å²) < 4.78 is 0. The number of aliphatic carboxylic acids is 1. The van der Waals surface area contributed by atoms with Crippen molar-refractivity contribution in [2.24, 2.45) is 5.92 Å². The molecule has 5 nitrogen and oxygen atoms in total. The average Bonchev–Trinajstić information content (AvgIpc) is 2.86. The quantitative estimate of drug-likeness (QED) is 0.873. The van der Waals surface area contributed by atoms with Crippen LogP contribution in [0.1, 0.15) is 22.9 Å². The Morgan fingerprint density at radius 3 is 2.94 bits per heavy atom. The number of carbonyl (C=O) groups excluding carboxylic acids is 1. The molecule has 1 saturated carbocycles. The van der Waals surface area contributed by atoms with Gasteiger partial charge >= 0.3 is 12.0 Å². The molecule has 0 spiro atoms. The maximum Gasteiger partial charge on any atom is 0.318 e. The molecule has 0 aromatic carbocycles. The van der Waals surface area contributed by atoms with Crippen LogP contribution in [0.5, 0.6) is 0 Å². The normalized spacial score (nSPS) is 30.4. The molecule has 0 radical (unpaired) electrons. The number of rotatable bonds is 3. The third-order valence-electron chi connectivity index (χ3n) is 3.63. The minimum Gasteiger partial charge on any atom is -0.481 e. The third kappa shape index (κ3) is 1.77. The van der Waals surface area contributed by atoms with Gasteiger partial charge in [-0.15, -0.1) is 11.3 Å². The highest BCUT2D eigenvalue weighted by molar-refractivity contribution is 7.10. The second kappa shape index (κ2) is 3.98. The SMILES string of the molecule is Cc1ccsc1C1CN(C2CC2C(=O)O)C(=O)N1. The average molecular weight is 266 g/mol. The minimum absolute atomic E-state index is 0.00699. The summed E-state index contributed by atoms with van der Waals surface area (Å²) in [4.78, 5) is 25.5. The van der Waals surface area contributed by atoms with E-state index in [1.165, 1.54) is 10.4 Å². The second-order valence-corrected chi connectivity index (χ2v) is 5.82. The Balaban J connectivity index is 1.72. The first-order valence-corrected chi connectivity index (χ1v) is 6.80. The van der Waals surface area contributed by atoms with Crippen LogP contribution in [-0.2, 0) is 4.79 Å². The molecule has 2 amide bonds. The van der Waals surface area contributed by atoms with Crippen LogP contribution >= 0.6 is 11.3 Å². The van der Waals surface area contributed by atoms with E-state index in [4.69, 9.17) is 5.11 Å². The van der Waals surface area contributed by atoms with Gasteiger partial charge in [0.25, 0.3) is 0 Å². The van der Waals surface area contributed by atoms with Gasteiger partial charge in [-0.05, 0) is 30.4 Å². The lowest BCUT2D eigenvalue weighted by molar-refractivity contribution is -0.138. The van der Waals surface area contributed by atoms with Gasteiger partial charge in [0.1, 0.15) is 0 Å². The van der Waals surface area contributed by atoms with E-state index in [1.54, 1.807) is 16.2 Å². The zero-order valence-corrected chi connectivity index (χ0v) is 10.7. The first-order chi connectivity index (χ1) is 8.58. The van der Waals surface area contributed by atoms with Crippen molar-refractivity contribution in [3.63, 3.8) is 0 Å². The third-order valence-corrected chi connectivity index (χ3v) is 4.76. The molecule has 1 aromatic rings. The number of amides is 2. The number of thiophene rings is 1. The van der Waals surface area contributed by atoms with Crippen molar-refractivity contribution in [1.29, 1.82) is 0 Å². The maximum absolute atomic E-state index is 11.9. The number of carboxylic acids is 1. The van der Waals surface area contributed by atoms with Gasteiger partial charge < -0.3 is 15.3 Å². The summed E-state index contributed by atoms with van der Waals surface area (Å²) in [7, 11) is 0. The molecule has 1 aliphatic carbocycles. The van der Waals surface area contributed by atoms with Gasteiger partial charge in [-0.3, -0.25) is 4.79 Å². The lowest BCUT2D eigenvalue weighted by Crippen LogP contribution is -2.32. The molecule has 2 N–H and O–H groups in total. The zero-order valence-electron chi connectivity index (χ0n) is 9.92. The number of carboxylic acid groups (broad SMARTS) is 1. The van der Waals surface area contributed by atoms with Crippen LogP contribution < -0.4 is 5.32 Å². The van der Waals surface area contributed by atoms with Crippen LogP contribution in [0.25, 0.3) is 0 Å². The maximum atomic E-state index is 11.9. The molecule has 1 saturated heterocycles. The number of urea groups is 1. The number of nitrogens with zero attached hydrogens (tertiary/aromatic N) is 1. The van der Waals surface area contributed by atoms with E-state index in [-0.39, 0.29) is 24.0 Å². The van der Waals surface area contributed by atoms with Crippen LogP contribution in [0.2, 0.25) is 0 Å². The summed E-state index contributed by atoms with van der Waals surface area (Å²) >= 11 is 1.63. The fourth-order valence-electron chi connectivity index (χ4n) is 2.52. The predicted octanol–water partition coefficient (Wildman–Crippen LogP) is 1.60. The molecule has 96 valence electrons. The van der Waals surface area contributed by atoms with Gasteiger partial charge in [-0.25, -0.2) is 4.79 Å². The van der Waals surface area contributed by atoms with E-state index in [2.05, 4.69) is 5.32 Å². The van der Waals surface area contributed by atoms with Crippen LogP contribution in [-0.4, -0.2) is 34.6 Å². The number of hydrogen-bond donors (Lipinski definition) is 2. The molecule has 3 rings (SSSR count). The highest BCUT2D eigenvalue weighted by Crippen LogP contribution is 2.39. The van der Waals surface area contributed by atoms with Crippen LogP contribution in [0.3, 0.4) is 0 Å². The van der Waals surface area contributed by atoms with Gasteiger partial charge in [0.05, 0.1) is 12.0 Å². The molecule has 2 aliphatic rings. The van der Waals surface area contributed by atoms with E-state index in [9.17, 15) is 9.59 Å². The lowest BCUT2D eigenvalue weighted by Gasteiger charge is -2.13. The Morgan fingerprint density at radius 1 is 1.61 bits per heavy atom. The molecule has 1 aromatic heterocycles. The molecule has 2 fully saturated rings. The van der Waals surface area contributed by atoms with Crippen molar-refractivity contribution >= 4 is 23.3 Å². The van der Waals surface area contributed by atoms with E-state index in [1.807, 2.05) is 18.4 Å². The summed E-state index contributed by atoms with van der Waals surface area (Å²) in [6.07, 6.45) is 0.582. The number of hydrogen-bond acceptors (Lipinski definition) is 3. The smallest absolute Gasteiger partial charge is 0.318 e. The summed E-state index contributed by atoms with van der Waals surface area (Å²) in [6, 6.07) is 1.79. The summed E-state index contributed by atoms with van der Waals surface area (Å²) in [6.45, 7) is 2.60. The molecule has 3 atom stereocenters. The Bertz CT molecular complexity index is 513. The largest absolute Gasteiger partial charge is 0.481 e. The Labute approximate surface area is 108 Å². The van der Waals surface area contributed by atoms with E-state index >= 15 is 0 Å². The Morgan fingerprint density at radius 2 is 2.39 bits per heavy atom. The fourth-order valence-corrected chi connectivity index (χ4v) is 3.49. The highest BCUT2D eigenvalue weighted by Gasteiger charge is 2.51. The van der Waals surface area contributed by atoms with E-state index in [0.29, 0.717) is 13.0 Å². The number of carbonyl (C=O) groups is 2. The molecule has 1 aliphatic heterocycles. The van der Waals surface area contributed by atoms with E-state index in [0.717, 1.165) is 0 Å². The molecule has 0 bridgehead atoms. The summed E-state index contributed by atoms with van der Waals surface area (Å²) in [5.74, 6) is -1.18.